The highest BCUT2D eigenvalue weighted by molar-refractivity contribution is 14.0. The zero-order valence-corrected chi connectivity index (χ0v) is 15.4. The van der Waals surface area contributed by atoms with E-state index in [-0.39, 0.29) is 36.0 Å². The Balaban J connectivity index is 0.00000242. The third kappa shape index (κ3) is 5.02. The van der Waals surface area contributed by atoms with Crippen molar-refractivity contribution in [2.75, 3.05) is 45.9 Å². The minimum absolute atomic E-state index is 0. The van der Waals surface area contributed by atoms with Crippen molar-refractivity contribution in [3.8, 4) is 12.3 Å². The van der Waals surface area contributed by atoms with Gasteiger partial charge in [0, 0.05) is 39.3 Å². The van der Waals surface area contributed by atoms with Gasteiger partial charge in [-0.15, -0.1) is 30.4 Å². The van der Waals surface area contributed by atoms with Crippen molar-refractivity contribution in [2.45, 2.75) is 25.9 Å². The van der Waals surface area contributed by atoms with Crippen LogP contribution in [-0.4, -0.2) is 73.6 Å². The lowest BCUT2D eigenvalue weighted by Crippen LogP contribution is -2.55. The summed E-state index contributed by atoms with van der Waals surface area (Å²) >= 11 is 0. The second-order valence-electron chi connectivity index (χ2n) is 5.19. The van der Waals surface area contributed by atoms with Gasteiger partial charge < -0.3 is 19.9 Å². The molecule has 2 aliphatic heterocycles. The molecule has 2 saturated heterocycles. The molecule has 2 fully saturated rings. The zero-order chi connectivity index (χ0) is 15.1. The van der Waals surface area contributed by atoms with Gasteiger partial charge in [-0.1, -0.05) is 5.92 Å². The minimum Gasteiger partial charge on any atom is -0.368 e. The number of nitrogens with one attached hydrogen (secondary N) is 1. The Kier molecular flexibility index (Phi) is 8.56. The van der Waals surface area contributed by atoms with Crippen molar-refractivity contribution in [3.05, 3.63) is 0 Å². The average Bonchev–Trinajstić information content (AvgIpc) is 3.05. The Morgan fingerprint density at radius 1 is 1.36 bits per heavy atom. The fourth-order valence-electron chi connectivity index (χ4n) is 2.66. The number of amides is 1. The Morgan fingerprint density at radius 3 is 2.59 bits per heavy atom. The van der Waals surface area contributed by atoms with Crippen molar-refractivity contribution in [3.63, 3.8) is 0 Å². The largest absolute Gasteiger partial charge is 0.368 e. The van der Waals surface area contributed by atoms with Crippen LogP contribution in [0.3, 0.4) is 0 Å². The molecule has 0 bridgehead atoms. The molecule has 0 aromatic carbocycles. The molecule has 1 N–H and O–H groups in total. The maximum Gasteiger partial charge on any atom is 0.251 e. The lowest BCUT2D eigenvalue weighted by atomic mass is 10.2. The lowest BCUT2D eigenvalue weighted by Gasteiger charge is -2.37. The first kappa shape index (κ1) is 19.0. The molecule has 124 valence electrons. The van der Waals surface area contributed by atoms with Gasteiger partial charge in [-0.3, -0.25) is 4.79 Å². The Labute approximate surface area is 149 Å². The molecule has 0 aliphatic carbocycles. The van der Waals surface area contributed by atoms with E-state index in [2.05, 4.69) is 21.1 Å². The normalized spacial score (nSPS) is 22.0. The summed E-state index contributed by atoms with van der Waals surface area (Å²) in [5, 5.41) is 3.24. The maximum atomic E-state index is 12.3. The standard InChI is InChI=1S/C15H24N4O2.HI/c1-3-7-17-15(16-4-2)19-10-8-18(9-11-19)14(20)13-6-5-12-21-13;/h1,13H,4-12H2,2H3,(H,16,17);1H. The highest BCUT2D eigenvalue weighted by Gasteiger charge is 2.30. The quantitative estimate of drug-likeness (QED) is 0.313. The van der Waals surface area contributed by atoms with Crippen LogP contribution in [0.1, 0.15) is 19.8 Å². The van der Waals surface area contributed by atoms with Gasteiger partial charge in [0.05, 0.1) is 0 Å². The topological polar surface area (TPSA) is 57.2 Å². The number of ether oxygens (including phenoxy) is 1. The van der Waals surface area contributed by atoms with Crippen LogP contribution < -0.4 is 5.32 Å². The summed E-state index contributed by atoms with van der Waals surface area (Å²) in [4.78, 5) is 20.7. The highest BCUT2D eigenvalue weighted by Crippen LogP contribution is 2.16. The zero-order valence-electron chi connectivity index (χ0n) is 13.1. The smallest absolute Gasteiger partial charge is 0.251 e. The number of rotatable bonds is 3. The fraction of sp³-hybridized carbons (Fsp3) is 0.733. The van der Waals surface area contributed by atoms with Crippen molar-refractivity contribution in [2.24, 2.45) is 4.99 Å². The summed E-state index contributed by atoms with van der Waals surface area (Å²) in [6.07, 6.45) is 6.88. The lowest BCUT2D eigenvalue weighted by molar-refractivity contribution is -0.142. The molecule has 6 nitrogen and oxygen atoms in total. The highest BCUT2D eigenvalue weighted by atomic mass is 127. The monoisotopic (exact) mass is 420 g/mol. The predicted molar refractivity (Wildman–Crippen MR) is 97.4 cm³/mol. The summed E-state index contributed by atoms with van der Waals surface area (Å²) in [6.45, 7) is 6.88. The number of terminal acetylenes is 1. The number of hydrogen-bond donors (Lipinski definition) is 1. The molecular weight excluding hydrogens is 395 g/mol. The van der Waals surface area contributed by atoms with Gasteiger partial charge in [0.15, 0.2) is 5.96 Å². The Hall–Kier alpha value is -1.01. The van der Waals surface area contributed by atoms with Gasteiger partial charge in [-0.25, -0.2) is 4.99 Å². The summed E-state index contributed by atoms with van der Waals surface area (Å²) in [5.41, 5.74) is 0. The molecule has 7 heteroatoms. The van der Waals surface area contributed by atoms with E-state index in [4.69, 9.17) is 11.2 Å². The number of hydrogen-bond acceptors (Lipinski definition) is 3. The molecule has 2 heterocycles. The van der Waals surface area contributed by atoms with E-state index in [1.165, 1.54) is 0 Å². The van der Waals surface area contributed by atoms with E-state index >= 15 is 0 Å². The first-order chi connectivity index (χ1) is 10.3. The number of aliphatic imine (C=N–C) groups is 1. The van der Waals surface area contributed by atoms with Crippen LogP contribution >= 0.6 is 24.0 Å². The summed E-state index contributed by atoms with van der Waals surface area (Å²) in [7, 11) is 0. The molecule has 0 saturated carbocycles. The van der Waals surface area contributed by atoms with E-state index in [1.807, 2.05) is 11.8 Å². The third-order valence-corrected chi connectivity index (χ3v) is 3.75. The number of carbonyl (C=O) groups is 1. The maximum absolute atomic E-state index is 12.3. The van der Waals surface area contributed by atoms with Gasteiger partial charge >= 0.3 is 0 Å². The molecule has 0 aromatic rings. The van der Waals surface area contributed by atoms with Crippen molar-refractivity contribution in [1.29, 1.82) is 0 Å². The molecule has 0 spiro atoms. The molecule has 1 amide bonds. The summed E-state index contributed by atoms with van der Waals surface area (Å²) < 4.78 is 5.47. The van der Waals surface area contributed by atoms with E-state index in [1.54, 1.807) is 0 Å². The minimum atomic E-state index is -0.222. The van der Waals surface area contributed by atoms with Crippen LogP contribution in [0.25, 0.3) is 0 Å². The van der Waals surface area contributed by atoms with Crippen LogP contribution in [-0.2, 0) is 9.53 Å². The van der Waals surface area contributed by atoms with Gasteiger partial charge in [-0.05, 0) is 19.8 Å². The first-order valence-electron chi connectivity index (χ1n) is 7.63. The van der Waals surface area contributed by atoms with Crippen molar-refractivity contribution < 1.29 is 9.53 Å². The van der Waals surface area contributed by atoms with Crippen LogP contribution in [0.5, 0.6) is 0 Å². The summed E-state index contributed by atoms with van der Waals surface area (Å²) in [5.74, 6) is 3.49. The second-order valence-corrected chi connectivity index (χ2v) is 5.19. The molecule has 1 unspecified atom stereocenters. The summed E-state index contributed by atoms with van der Waals surface area (Å²) in [6, 6.07) is 0. The van der Waals surface area contributed by atoms with Gasteiger partial charge in [0.1, 0.15) is 12.6 Å². The molecule has 22 heavy (non-hydrogen) atoms. The van der Waals surface area contributed by atoms with E-state index in [9.17, 15) is 4.79 Å². The number of nitrogens with zero attached hydrogens (tertiary/aromatic N) is 3. The van der Waals surface area contributed by atoms with Crippen LogP contribution in [0.2, 0.25) is 0 Å². The third-order valence-electron chi connectivity index (χ3n) is 3.75. The second kappa shape index (κ2) is 9.90. The number of halogens is 1. The van der Waals surface area contributed by atoms with E-state index < -0.39 is 0 Å². The van der Waals surface area contributed by atoms with Gasteiger partial charge in [0.25, 0.3) is 5.91 Å². The number of guanidine groups is 1. The average molecular weight is 420 g/mol. The van der Waals surface area contributed by atoms with E-state index in [0.717, 1.165) is 38.4 Å². The van der Waals surface area contributed by atoms with Crippen molar-refractivity contribution in [1.82, 2.24) is 15.1 Å². The molecule has 0 aromatic heterocycles. The van der Waals surface area contributed by atoms with Crippen LogP contribution in [0, 0.1) is 12.3 Å². The predicted octanol–water partition coefficient (Wildman–Crippen LogP) is 0.526. The van der Waals surface area contributed by atoms with Crippen molar-refractivity contribution >= 4 is 35.8 Å². The SMILES string of the molecule is C#CCN=C(NCC)N1CCN(C(=O)C2CCCO2)CC1.I. The van der Waals surface area contributed by atoms with Crippen LogP contribution in [0.15, 0.2) is 4.99 Å². The molecular formula is C15H25IN4O2. The number of piperazine rings is 1. The Bertz CT molecular complexity index is 422. The molecule has 2 aliphatic rings. The van der Waals surface area contributed by atoms with Crippen LogP contribution in [0.4, 0.5) is 0 Å². The van der Waals surface area contributed by atoms with Gasteiger partial charge in [0.2, 0.25) is 0 Å². The van der Waals surface area contributed by atoms with E-state index in [0.29, 0.717) is 26.2 Å². The molecule has 0 radical (unpaired) electrons. The molecule has 2 rings (SSSR count). The number of carbonyl (C=O) groups excluding carboxylic acids is 1. The molecule has 1 atom stereocenters. The first-order valence-corrected chi connectivity index (χ1v) is 7.63. The van der Waals surface area contributed by atoms with Gasteiger partial charge in [-0.2, -0.15) is 0 Å². The fourth-order valence-corrected chi connectivity index (χ4v) is 2.66. The Morgan fingerprint density at radius 2 is 2.05 bits per heavy atom.